The van der Waals surface area contributed by atoms with Gasteiger partial charge in [0, 0.05) is 11.9 Å². The summed E-state index contributed by atoms with van der Waals surface area (Å²) in [7, 11) is 1.59. The number of aromatic nitrogens is 4. The van der Waals surface area contributed by atoms with Crippen molar-refractivity contribution in [1.82, 2.24) is 19.9 Å². The first kappa shape index (κ1) is 23.3. The highest BCUT2D eigenvalue weighted by Gasteiger charge is 2.27. The number of fused-ring (bicyclic) bond motifs is 1. The van der Waals surface area contributed by atoms with E-state index in [1.54, 1.807) is 43.6 Å². The summed E-state index contributed by atoms with van der Waals surface area (Å²) in [5, 5.41) is 3.36. The SMILES string of the molecule is COc1ccc(N(C(=O)OC(C)(C)C)c2nc3c(C)cc(Nc4ccnc(Cl)n4)cc3[nH]2)cc1. The van der Waals surface area contributed by atoms with Crippen LogP contribution in [0.2, 0.25) is 5.28 Å². The number of methoxy groups -OCH3 is 1. The number of nitrogens with zero attached hydrogens (tertiary/aromatic N) is 4. The number of anilines is 4. The molecule has 4 aromatic rings. The van der Waals surface area contributed by atoms with Crippen LogP contribution in [-0.4, -0.2) is 38.7 Å². The zero-order valence-electron chi connectivity index (χ0n) is 19.5. The van der Waals surface area contributed by atoms with Gasteiger partial charge in [0.05, 0.1) is 23.8 Å². The van der Waals surface area contributed by atoms with Crippen LogP contribution in [0.15, 0.2) is 48.7 Å². The predicted molar refractivity (Wildman–Crippen MR) is 133 cm³/mol. The second kappa shape index (κ2) is 9.18. The van der Waals surface area contributed by atoms with E-state index in [0.717, 1.165) is 22.3 Å². The molecule has 0 bridgehead atoms. The third kappa shape index (κ3) is 5.20. The molecular weight excluding hydrogens is 456 g/mol. The van der Waals surface area contributed by atoms with E-state index in [1.807, 2.05) is 39.8 Å². The van der Waals surface area contributed by atoms with Gasteiger partial charge in [-0.2, -0.15) is 0 Å². The number of amides is 1. The summed E-state index contributed by atoms with van der Waals surface area (Å²) in [6, 6.07) is 12.6. The van der Waals surface area contributed by atoms with E-state index in [1.165, 1.54) is 4.90 Å². The molecule has 0 atom stereocenters. The molecule has 2 N–H and O–H groups in total. The fourth-order valence-corrected chi connectivity index (χ4v) is 3.51. The lowest BCUT2D eigenvalue weighted by molar-refractivity contribution is 0.0597. The molecule has 0 radical (unpaired) electrons. The number of nitrogens with one attached hydrogen (secondary N) is 2. The summed E-state index contributed by atoms with van der Waals surface area (Å²) < 4.78 is 10.9. The number of ether oxygens (including phenoxy) is 2. The van der Waals surface area contributed by atoms with E-state index >= 15 is 0 Å². The Balaban J connectivity index is 1.75. The highest BCUT2D eigenvalue weighted by Crippen LogP contribution is 2.31. The molecule has 4 rings (SSSR count). The van der Waals surface area contributed by atoms with Crippen molar-refractivity contribution in [3.05, 3.63) is 59.5 Å². The highest BCUT2D eigenvalue weighted by molar-refractivity contribution is 6.28. The summed E-state index contributed by atoms with van der Waals surface area (Å²) >= 11 is 5.89. The Hall–Kier alpha value is -3.85. The monoisotopic (exact) mass is 480 g/mol. The average molecular weight is 481 g/mol. The Morgan fingerprint density at radius 3 is 2.50 bits per heavy atom. The molecule has 10 heteroatoms. The number of rotatable bonds is 5. The minimum atomic E-state index is -0.681. The minimum absolute atomic E-state index is 0.152. The first-order chi connectivity index (χ1) is 16.1. The summed E-state index contributed by atoms with van der Waals surface area (Å²) in [6.07, 6.45) is 1.02. The normalized spacial score (nSPS) is 11.4. The Labute approximate surface area is 202 Å². The first-order valence-corrected chi connectivity index (χ1v) is 10.9. The van der Waals surface area contributed by atoms with E-state index in [-0.39, 0.29) is 5.28 Å². The molecule has 2 heterocycles. The Kier molecular flexibility index (Phi) is 6.30. The van der Waals surface area contributed by atoms with Gasteiger partial charge in [0.15, 0.2) is 0 Å². The lowest BCUT2D eigenvalue weighted by Crippen LogP contribution is -2.34. The van der Waals surface area contributed by atoms with Crippen LogP contribution in [0.5, 0.6) is 5.75 Å². The van der Waals surface area contributed by atoms with Gasteiger partial charge in [0.2, 0.25) is 11.2 Å². The van der Waals surface area contributed by atoms with Crippen molar-refractivity contribution in [2.75, 3.05) is 17.3 Å². The summed E-state index contributed by atoms with van der Waals surface area (Å²) in [6.45, 7) is 7.39. The van der Waals surface area contributed by atoms with E-state index in [9.17, 15) is 4.79 Å². The molecule has 176 valence electrons. The second-order valence-electron chi connectivity index (χ2n) is 8.60. The number of hydrogen-bond acceptors (Lipinski definition) is 7. The van der Waals surface area contributed by atoms with Gasteiger partial charge in [-0.05, 0) is 87.3 Å². The molecular formula is C24H25ClN6O3. The molecule has 34 heavy (non-hydrogen) atoms. The van der Waals surface area contributed by atoms with Gasteiger partial charge in [-0.25, -0.2) is 24.6 Å². The van der Waals surface area contributed by atoms with Gasteiger partial charge in [-0.1, -0.05) is 0 Å². The smallest absolute Gasteiger partial charge is 0.421 e. The fourth-order valence-electron chi connectivity index (χ4n) is 3.36. The van der Waals surface area contributed by atoms with Crippen molar-refractivity contribution in [3.63, 3.8) is 0 Å². The van der Waals surface area contributed by atoms with Crippen LogP contribution < -0.4 is 15.0 Å². The zero-order valence-corrected chi connectivity index (χ0v) is 20.3. The van der Waals surface area contributed by atoms with Crippen LogP contribution in [0.1, 0.15) is 26.3 Å². The lowest BCUT2D eigenvalue weighted by atomic mass is 10.2. The Bertz CT molecular complexity index is 1330. The zero-order chi connectivity index (χ0) is 24.5. The second-order valence-corrected chi connectivity index (χ2v) is 8.94. The molecule has 0 fully saturated rings. The van der Waals surface area contributed by atoms with Crippen LogP contribution in [0.25, 0.3) is 11.0 Å². The Morgan fingerprint density at radius 2 is 1.85 bits per heavy atom. The molecule has 0 aliphatic carbocycles. The van der Waals surface area contributed by atoms with Crippen LogP contribution in [-0.2, 0) is 4.74 Å². The molecule has 0 saturated heterocycles. The number of H-pyrrole nitrogens is 1. The third-order valence-electron chi connectivity index (χ3n) is 4.78. The van der Waals surface area contributed by atoms with Crippen molar-refractivity contribution in [3.8, 4) is 5.75 Å². The summed E-state index contributed by atoms with van der Waals surface area (Å²) in [5.41, 5.74) is 3.05. The van der Waals surface area contributed by atoms with Crippen molar-refractivity contribution in [1.29, 1.82) is 0 Å². The Morgan fingerprint density at radius 1 is 1.12 bits per heavy atom. The average Bonchev–Trinajstić information content (AvgIpc) is 3.17. The number of aromatic amines is 1. The molecule has 2 aromatic carbocycles. The van der Waals surface area contributed by atoms with E-state index in [0.29, 0.717) is 23.2 Å². The fraction of sp³-hybridized carbons (Fsp3) is 0.250. The number of carbonyl (C=O) groups excluding carboxylic acids is 1. The summed E-state index contributed by atoms with van der Waals surface area (Å²) in [5.74, 6) is 1.57. The minimum Gasteiger partial charge on any atom is -0.497 e. The molecule has 0 spiro atoms. The van der Waals surface area contributed by atoms with Gasteiger partial charge in [0.1, 0.15) is 17.2 Å². The van der Waals surface area contributed by atoms with Gasteiger partial charge in [0.25, 0.3) is 0 Å². The maximum atomic E-state index is 13.2. The van der Waals surface area contributed by atoms with Crippen LogP contribution in [0.4, 0.5) is 27.9 Å². The molecule has 1 amide bonds. The number of imidazole rings is 1. The quantitative estimate of drug-likeness (QED) is 0.330. The van der Waals surface area contributed by atoms with E-state index in [2.05, 4.69) is 20.3 Å². The molecule has 0 aliphatic heterocycles. The number of halogens is 1. The molecule has 0 unspecified atom stereocenters. The van der Waals surface area contributed by atoms with Crippen molar-refractivity contribution in [2.45, 2.75) is 33.3 Å². The highest BCUT2D eigenvalue weighted by atomic mass is 35.5. The van der Waals surface area contributed by atoms with Gasteiger partial charge < -0.3 is 19.8 Å². The van der Waals surface area contributed by atoms with Gasteiger partial charge in [-0.15, -0.1) is 0 Å². The number of benzene rings is 2. The lowest BCUT2D eigenvalue weighted by Gasteiger charge is -2.26. The van der Waals surface area contributed by atoms with Crippen LogP contribution in [0.3, 0.4) is 0 Å². The number of hydrogen-bond donors (Lipinski definition) is 2. The largest absolute Gasteiger partial charge is 0.497 e. The van der Waals surface area contributed by atoms with Crippen LogP contribution in [0, 0.1) is 6.92 Å². The maximum Gasteiger partial charge on any atom is 0.421 e. The molecule has 0 saturated carbocycles. The maximum absolute atomic E-state index is 13.2. The number of aryl methyl sites for hydroxylation is 1. The van der Waals surface area contributed by atoms with Gasteiger partial charge >= 0.3 is 6.09 Å². The molecule has 9 nitrogen and oxygen atoms in total. The number of carbonyl (C=O) groups is 1. The van der Waals surface area contributed by atoms with Crippen molar-refractivity contribution in [2.24, 2.45) is 0 Å². The summed E-state index contributed by atoms with van der Waals surface area (Å²) in [4.78, 5) is 30.6. The molecule has 2 aromatic heterocycles. The predicted octanol–water partition coefficient (Wildman–Crippen LogP) is 6.14. The van der Waals surface area contributed by atoms with E-state index < -0.39 is 11.7 Å². The van der Waals surface area contributed by atoms with E-state index in [4.69, 9.17) is 26.1 Å². The van der Waals surface area contributed by atoms with Crippen molar-refractivity contribution < 1.29 is 14.3 Å². The topological polar surface area (TPSA) is 105 Å². The third-order valence-corrected chi connectivity index (χ3v) is 4.96. The first-order valence-electron chi connectivity index (χ1n) is 10.6. The van der Waals surface area contributed by atoms with Crippen molar-refractivity contribution >= 4 is 51.9 Å². The standard InChI is InChI=1S/C24H25ClN6O3/c1-14-12-15(27-19-10-11-26-21(25)29-19)13-18-20(14)30-22(28-18)31(23(32)34-24(2,3)4)16-6-8-17(33-5)9-7-16/h6-13H,1-5H3,(H,28,30)(H,26,27,29). The molecule has 0 aliphatic rings. The van der Waals surface area contributed by atoms with Crippen LogP contribution >= 0.6 is 11.6 Å². The van der Waals surface area contributed by atoms with Gasteiger partial charge in [-0.3, -0.25) is 0 Å².